The standard InChI is InChI=1S/C11H9BrN2O3S/c1-5(12)10(15)14-11-13-6-2-7-8(17-4-16-7)3-9(6)18-11/h2-3,5H,4H2,1H3,(H,13,14,15). The second-order valence-electron chi connectivity index (χ2n) is 3.80. The van der Waals surface area contributed by atoms with Gasteiger partial charge in [-0.2, -0.15) is 0 Å². The van der Waals surface area contributed by atoms with Crippen LogP contribution in [-0.4, -0.2) is 22.5 Å². The van der Waals surface area contributed by atoms with Gasteiger partial charge in [0.2, 0.25) is 12.7 Å². The molecule has 1 amide bonds. The van der Waals surface area contributed by atoms with E-state index in [4.69, 9.17) is 9.47 Å². The number of nitrogens with one attached hydrogen (secondary N) is 1. The van der Waals surface area contributed by atoms with Gasteiger partial charge in [-0.25, -0.2) is 4.98 Å². The Hall–Kier alpha value is -1.34. The van der Waals surface area contributed by atoms with Crippen LogP contribution in [0.5, 0.6) is 11.5 Å². The van der Waals surface area contributed by atoms with Crippen LogP contribution in [-0.2, 0) is 4.79 Å². The lowest BCUT2D eigenvalue weighted by Gasteiger charge is -2.01. The van der Waals surface area contributed by atoms with Gasteiger partial charge in [0, 0.05) is 12.1 Å². The molecule has 0 saturated carbocycles. The summed E-state index contributed by atoms with van der Waals surface area (Å²) in [5, 5.41) is 3.32. The van der Waals surface area contributed by atoms with E-state index in [0.29, 0.717) is 10.9 Å². The number of anilines is 1. The molecular weight excluding hydrogens is 320 g/mol. The van der Waals surface area contributed by atoms with Crippen LogP contribution in [0.3, 0.4) is 0 Å². The number of halogens is 1. The first-order valence-electron chi connectivity index (χ1n) is 5.28. The molecule has 0 spiro atoms. The van der Waals surface area contributed by atoms with Crippen LogP contribution in [0.25, 0.3) is 10.2 Å². The predicted molar refractivity (Wildman–Crippen MR) is 72.8 cm³/mol. The van der Waals surface area contributed by atoms with E-state index in [0.717, 1.165) is 16.0 Å². The molecule has 18 heavy (non-hydrogen) atoms. The van der Waals surface area contributed by atoms with Crippen LogP contribution < -0.4 is 14.8 Å². The number of carbonyl (C=O) groups excluding carboxylic acids is 1. The quantitative estimate of drug-likeness (QED) is 0.861. The molecule has 1 N–H and O–H groups in total. The first-order chi connectivity index (χ1) is 8.63. The molecular formula is C11H9BrN2O3S. The van der Waals surface area contributed by atoms with E-state index in [-0.39, 0.29) is 17.5 Å². The highest BCUT2D eigenvalue weighted by molar-refractivity contribution is 9.10. The molecule has 5 nitrogen and oxygen atoms in total. The minimum absolute atomic E-state index is 0.117. The number of benzene rings is 1. The Morgan fingerprint density at radius 3 is 2.94 bits per heavy atom. The van der Waals surface area contributed by atoms with E-state index in [1.54, 1.807) is 6.92 Å². The fourth-order valence-electron chi connectivity index (χ4n) is 1.58. The number of fused-ring (bicyclic) bond motifs is 2. The molecule has 3 rings (SSSR count). The first-order valence-corrected chi connectivity index (χ1v) is 7.02. The van der Waals surface area contributed by atoms with Crippen molar-refractivity contribution in [3.8, 4) is 11.5 Å². The first kappa shape index (κ1) is 11.7. The number of alkyl halides is 1. The van der Waals surface area contributed by atoms with Gasteiger partial charge in [-0.05, 0) is 6.92 Å². The highest BCUT2D eigenvalue weighted by Crippen LogP contribution is 2.38. The van der Waals surface area contributed by atoms with Crippen molar-refractivity contribution in [2.75, 3.05) is 12.1 Å². The zero-order chi connectivity index (χ0) is 12.7. The summed E-state index contributed by atoms with van der Waals surface area (Å²) in [6, 6.07) is 3.70. The zero-order valence-electron chi connectivity index (χ0n) is 9.40. The number of hydrogen-bond acceptors (Lipinski definition) is 5. The van der Waals surface area contributed by atoms with E-state index in [1.807, 2.05) is 12.1 Å². The Bertz CT molecular complexity index is 585. The van der Waals surface area contributed by atoms with E-state index >= 15 is 0 Å². The second kappa shape index (κ2) is 4.40. The lowest BCUT2D eigenvalue weighted by molar-refractivity contribution is -0.115. The van der Waals surface area contributed by atoms with Gasteiger partial charge >= 0.3 is 0 Å². The summed E-state index contributed by atoms with van der Waals surface area (Å²) in [7, 11) is 0. The molecule has 94 valence electrons. The van der Waals surface area contributed by atoms with Crippen molar-refractivity contribution in [3.05, 3.63) is 12.1 Å². The third kappa shape index (κ3) is 2.04. The smallest absolute Gasteiger partial charge is 0.239 e. The maximum atomic E-state index is 11.5. The van der Waals surface area contributed by atoms with Gasteiger partial charge in [0.1, 0.15) is 0 Å². The Labute approximate surface area is 115 Å². The van der Waals surface area contributed by atoms with Gasteiger partial charge in [0.05, 0.1) is 15.0 Å². The van der Waals surface area contributed by atoms with E-state index < -0.39 is 0 Å². The molecule has 7 heteroatoms. The molecule has 1 aliphatic heterocycles. The molecule has 0 fully saturated rings. The summed E-state index contributed by atoms with van der Waals surface area (Å²) >= 11 is 4.62. The van der Waals surface area contributed by atoms with Gasteiger partial charge < -0.3 is 14.8 Å². The van der Waals surface area contributed by atoms with Crippen molar-refractivity contribution in [1.82, 2.24) is 4.98 Å². The largest absolute Gasteiger partial charge is 0.454 e. The third-order valence-electron chi connectivity index (χ3n) is 2.47. The third-order valence-corrected chi connectivity index (χ3v) is 3.82. The van der Waals surface area contributed by atoms with Crippen LogP contribution in [0.2, 0.25) is 0 Å². The summed E-state index contributed by atoms with van der Waals surface area (Å²) in [4.78, 5) is 15.6. The molecule has 0 saturated heterocycles. The van der Waals surface area contributed by atoms with Crippen LogP contribution in [0, 0.1) is 0 Å². The number of hydrogen-bond donors (Lipinski definition) is 1. The Morgan fingerprint density at radius 1 is 1.50 bits per heavy atom. The maximum absolute atomic E-state index is 11.5. The summed E-state index contributed by atoms with van der Waals surface area (Å²) in [6.07, 6.45) is 0. The lowest BCUT2D eigenvalue weighted by Crippen LogP contribution is -2.19. The highest BCUT2D eigenvalue weighted by atomic mass is 79.9. The summed E-state index contributed by atoms with van der Waals surface area (Å²) in [5.41, 5.74) is 0.793. The molecule has 0 aliphatic carbocycles. The van der Waals surface area contributed by atoms with Crippen molar-refractivity contribution < 1.29 is 14.3 Å². The van der Waals surface area contributed by atoms with E-state index in [2.05, 4.69) is 26.2 Å². The van der Waals surface area contributed by atoms with Gasteiger partial charge in [-0.3, -0.25) is 4.79 Å². The van der Waals surface area contributed by atoms with Gasteiger partial charge in [-0.15, -0.1) is 0 Å². The molecule has 1 unspecified atom stereocenters. The number of amides is 1. The van der Waals surface area contributed by atoms with Crippen molar-refractivity contribution >= 4 is 48.5 Å². The summed E-state index contributed by atoms with van der Waals surface area (Å²) in [6.45, 7) is 2.01. The average molecular weight is 329 g/mol. The number of aromatic nitrogens is 1. The Morgan fingerprint density at radius 2 is 2.22 bits per heavy atom. The fourth-order valence-corrected chi connectivity index (χ4v) is 2.57. The molecule has 1 aliphatic rings. The topological polar surface area (TPSA) is 60.5 Å². The lowest BCUT2D eigenvalue weighted by atomic mass is 10.3. The normalized spacial score (nSPS) is 14.8. The molecule has 1 atom stereocenters. The highest BCUT2D eigenvalue weighted by Gasteiger charge is 2.17. The van der Waals surface area contributed by atoms with Crippen molar-refractivity contribution in [1.29, 1.82) is 0 Å². The van der Waals surface area contributed by atoms with Crippen LogP contribution in [0.4, 0.5) is 5.13 Å². The molecule has 1 aromatic carbocycles. The minimum Gasteiger partial charge on any atom is -0.454 e. The number of carbonyl (C=O) groups is 1. The van der Waals surface area contributed by atoms with Crippen LogP contribution in [0.15, 0.2) is 12.1 Å². The zero-order valence-corrected chi connectivity index (χ0v) is 11.8. The van der Waals surface area contributed by atoms with Gasteiger partial charge in [0.25, 0.3) is 0 Å². The SMILES string of the molecule is CC(Br)C(=O)Nc1nc2cc3c(cc2s1)OCO3. The van der Waals surface area contributed by atoms with Crippen molar-refractivity contribution in [3.63, 3.8) is 0 Å². The number of thiazole rings is 1. The van der Waals surface area contributed by atoms with E-state index in [9.17, 15) is 4.79 Å². The molecule has 2 aromatic rings. The van der Waals surface area contributed by atoms with Crippen molar-refractivity contribution in [2.24, 2.45) is 0 Å². The Balaban J connectivity index is 1.94. The molecule has 0 bridgehead atoms. The van der Waals surface area contributed by atoms with Gasteiger partial charge in [0.15, 0.2) is 16.6 Å². The summed E-state index contributed by atoms with van der Waals surface area (Å²) < 4.78 is 11.5. The average Bonchev–Trinajstić information content (AvgIpc) is 2.89. The Kier molecular flexibility index (Phi) is 2.87. The number of rotatable bonds is 2. The monoisotopic (exact) mass is 328 g/mol. The molecule has 2 heterocycles. The van der Waals surface area contributed by atoms with Gasteiger partial charge in [-0.1, -0.05) is 27.3 Å². The number of nitrogens with zero attached hydrogens (tertiary/aromatic N) is 1. The second-order valence-corrected chi connectivity index (χ2v) is 6.20. The number of ether oxygens (including phenoxy) is 2. The minimum atomic E-state index is -0.249. The molecule has 0 radical (unpaired) electrons. The summed E-state index contributed by atoms with van der Waals surface area (Å²) in [5.74, 6) is 1.30. The van der Waals surface area contributed by atoms with Crippen molar-refractivity contribution in [2.45, 2.75) is 11.8 Å². The van der Waals surface area contributed by atoms with E-state index in [1.165, 1.54) is 11.3 Å². The predicted octanol–water partition coefficient (Wildman–Crippen LogP) is 2.75. The molecule has 1 aromatic heterocycles. The van der Waals surface area contributed by atoms with Crippen LogP contribution >= 0.6 is 27.3 Å². The van der Waals surface area contributed by atoms with Crippen LogP contribution in [0.1, 0.15) is 6.92 Å². The fraction of sp³-hybridized carbons (Fsp3) is 0.273. The maximum Gasteiger partial charge on any atom is 0.239 e.